The zero-order valence-electron chi connectivity index (χ0n) is 20.3. The van der Waals surface area contributed by atoms with Gasteiger partial charge in [0.25, 0.3) is 5.91 Å². The summed E-state index contributed by atoms with van der Waals surface area (Å²) in [5.41, 5.74) is 2.78. The summed E-state index contributed by atoms with van der Waals surface area (Å²) in [5, 5.41) is 14.2. The standard InChI is InChI=1S/C25H29BN6O4/c1-17(26)30-25(36)22(12-23(33)34)31-24(35)18-8-9-21(29-13-18)16-32(14-19-6-2-4-10-27-19)15-20-7-3-5-11-28-20/h2-11,13,17,22H,12,14-16,26H2,1H3,(H,30,36)(H,31,35)(H,33,34)/t17-,22+/m1/s1. The molecule has 0 bridgehead atoms. The lowest BCUT2D eigenvalue weighted by Gasteiger charge is -2.21. The maximum atomic E-state index is 12.7. The number of amides is 2. The third-order valence-corrected chi connectivity index (χ3v) is 5.13. The number of hydrogen-bond acceptors (Lipinski definition) is 7. The van der Waals surface area contributed by atoms with E-state index in [2.05, 4.69) is 30.5 Å². The molecule has 36 heavy (non-hydrogen) atoms. The Balaban J connectivity index is 1.69. The fourth-order valence-corrected chi connectivity index (χ4v) is 3.50. The van der Waals surface area contributed by atoms with E-state index in [-0.39, 0.29) is 11.5 Å². The number of carbonyl (C=O) groups excluding carboxylic acids is 2. The van der Waals surface area contributed by atoms with Gasteiger partial charge in [0.2, 0.25) is 5.91 Å². The van der Waals surface area contributed by atoms with E-state index in [4.69, 9.17) is 5.11 Å². The van der Waals surface area contributed by atoms with E-state index in [0.29, 0.717) is 19.6 Å². The number of nitrogens with zero attached hydrogens (tertiary/aromatic N) is 4. The van der Waals surface area contributed by atoms with Crippen LogP contribution in [0.15, 0.2) is 67.1 Å². The number of carboxylic acid groups (broad SMARTS) is 1. The molecule has 0 saturated carbocycles. The average molecular weight is 488 g/mol. The first-order chi connectivity index (χ1) is 17.3. The van der Waals surface area contributed by atoms with Crippen molar-refractivity contribution in [2.75, 3.05) is 0 Å². The first-order valence-corrected chi connectivity index (χ1v) is 11.6. The third-order valence-electron chi connectivity index (χ3n) is 5.13. The van der Waals surface area contributed by atoms with E-state index in [9.17, 15) is 14.4 Å². The Morgan fingerprint density at radius 1 is 0.889 bits per heavy atom. The van der Waals surface area contributed by atoms with Gasteiger partial charge in [-0.15, -0.1) is 0 Å². The summed E-state index contributed by atoms with van der Waals surface area (Å²) < 4.78 is 0. The quantitative estimate of drug-likeness (QED) is 0.318. The number of hydrogen-bond donors (Lipinski definition) is 3. The summed E-state index contributed by atoms with van der Waals surface area (Å²) in [5.74, 6) is -2.50. The average Bonchev–Trinajstić information content (AvgIpc) is 2.84. The van der Waals surface area contributed by atoms with Gasteiger partial charge in [0.1, 0.15) is 13.9 Å². The first-order valence-electron chi connectivity index (χ1n) is 11.6. The number of rotatable bonds is 12. The van der Waals surface area contributed by atoms with Crippen molar-refractivity contribution in [2.24, 2.45) is 0 Å². The second-order valence-electron chi connectivity index (χ2n) is 8.61. The summed E-state index contributed by atoms with van der Waals surface area (Å²) in [6, 6.07) is 13.7. The Morgan fingerprint density at radius 3 is 1.92 bits per heavy atom. The van der Waals surface area contributed by atoms with E-state index in [1.54, 1.807) is 39.3 Å². The van der Waals surface area contributed by atoms with Crippen molar-refractivity contribution in [2.45, 2.75) is 45.0 Å². The molecule has 0 spiro atoms. The molecule has 0 fully saturated rings. The van der Waals surface area contributed by atoms with Gasteiger partial charge in [-0.2, -0.15) is 0 Å². The fraction of sp³-hybridized carbons (Fsp3) is 0.280. The van der Waals surface area contributed by atoms with Crippen LogP contribution in [-0.4, -0.2) is 62.6 Å². The second kappa shape index (κ2) is 13.1. The molecule has 0 unspecified atom stereocenters. The molecular formula is C25H29BN6O4. The summed E-state index contributed by atoms with van der Waals surface area (Å²) >= 11 is 0. The number of aromatic nitrogens is 3. The molecule has 3 rings (SSSR count). The van der Waals surface area contributed by atoms with Gasteiger partial charge in [0.15, 0.2) is 0 Å². The minimum absolute atomic E-state index is 0.188. The molecule has 0 aliphatic rings. The van der Waals surface area contributed by atoms with Gasteiger partial charge >= 0.3 is 5.97 Å². The van der Waals surface area contributed by atoms with Gasteiger partial charge < -0.3 is 15.7 Å². The van der Waals surface area contributed by atoms with E-state index in [0.717, 1.165) is 17.1 Å². The molecule has 3 heterocycles. The van der Waals surface area contributed by atoms with Crippen LogP contribution in [0, 0.1) is 0 Å². The maximum Gasteiger partial charge on any atom is 0.305 e. The van der Waals surface area contributed by atoms with Gasteiger partial charge in [-0.3, -0.25) is 34.2 Å². The summed E-state index contributed by atoms with van der Waals surface area (Å²) in [4.78, 5) is 51.6. The lowest BCUT2D eigenvalue weighted by molar-refractivity contribution is -0.139. The van der Waals surface area contributed by atoms with Crippen LogP contribution < -0.4 is 10.6 Å². The van der Waals surface area contributed by atoms with Crippen LogP contribution in [0.3, 0.4) is 0 Å². The van der Waals surface area contributed by atoms with E-state index in [1.807, 2.05) is 36.4 Å². The van der Waals surface area contributed by atoms with Gasteiger partial charge in [-0.1, -0.05) is 19.1 Å². The van der Waals surface area contributed by atoms with Gasteiger partial charge in [-0.05, 0) is 42.3 Å². The molecule has 3 aromatic rings. The Labute approximate surface area is 210 Å². The molecule has 0 saturated heterocycles. The van der Waals surface area contributed by atoms with Crippen molar-refractivity contribution in [3.05, 3.63) is 89.8 Å². The van der Waals surface area contributed by atoms with E-state index < -0.39 is 30.2 Å². The van der Waals surface area contributed by atoms with Crippen molar-refractivity contribution in [1.82, 2.24) is 30.5 Å². The molecule has 2 amide bonds. The van der Waals surface area contributed by atoms with Crippen LogP contribution in [0.2, 0.25) is 0 Å². The minimum atomic E-state index is -1.19. The number of aliphatic carboxylic acids is 1. The van der Waals surface area contributed by atoms with Gasteiger partial charge in [0, 0.05) is 38.2 Å². The lowest BCUT2D eigenvalue weighted by atomic mass is 9.98. The van der Waals surface area contributed by atoms with Crippen LogP contribution in [0.1, 0.15) is 40.8 Å². The van der Waals surface area contributed by atoms with Crippen molar-refractivity contribution >= 4 is 25.6 Å². The predicted molar refractivity (Wildman–Crippen MR) is 135 cm³/mol. The SMILES string of the molecule is B[C@@H](C)NC(=O)[C@H](CC(=O)O)NC(=O)c1ccc(CN(Cc2ccccn2)Cc2ccccn2)nc1. The van der Waals surface area contributed by atoms with Gasteiger partial charge in [-0.25, -0.2) is 0 Å². The van der Waals surface area contributed by atoms with Gasteiger partial charge in [0.05, 0.1) is 29.1 Å². The highest BCUT2D eigenvalue weighted by atomic mass is 16.4. The number of carboxylic acids is 1. The Bertz CT molecular complexity index is 1100. The second-order valence-corrected chi connectivity index (χ2v) is 8.61. The zero-order chi connectivity index (χ0) is 25.9. The van der Waals surface area contributed by atoms with Crippen LogP contribution in [-0.2, 0) is 29.2 Å². The monoisotopic (exact) mass is 488 g/mol. The van der Waals surface area contributed by atoms with Crippen LogP contribution in [0.5, 0.6) is 0 Å². The number of pyridine rings is 3. The molecular weight excluding hydrogens is 459 g/mol. The predicted octanol–water partition coefficient (Wildman–Crippen LogP) is 0.742. The normalized spacial score (nSPS) is 12.5. The molecule has 0 aliphatic heterocycles. The molecule has 2 atom stereocenters. The number of nitrogens with one attached hydrogen (secondary N) is 2. The lowest BCUT2D eigenvalue weighted by Crippen LogP contribution is -2.50. The fourth-order valence-electron chi connectivity index (χ4n) is 3.50. The molecule has 3 N–H and O–H groups in total. The molecule has 0 radical (unpaired) electrons. The van der Waals surface area contributed by atoms with Crippen molar-refractivity contribution in [3.63, 3.8) is 0 Å². The largest absolute Gasteiger partial charge is 0.481 e. The molecule has 11 heteroatoms. The zero-order valence-corrected chi connectivity index (χ0v) is 20.3. The molecule has 0 aromatic carbocycles. The van der Waals surface area contributed by atoms with Crippen molar-refractivity contribution in [1.29, 1.82) is 0 Å². The molecule has 10 nitrogen and oxygen atoms in total. The third kappa shape index (κ3) is 8.59. The summed E-state index contributed by atoms with van der Waals surface area (Å²) in [6.45, 7) is 3.42. The maximum absolute atomic E-state index is 12.7. The number of carbonyl (C=O) groups is 3. The van der Waals surface area contributed by atoms with Crippen LogP contribution >= 0.6 is 0 Å². The minimum Gasteiger partial charge on any atom is -0.481 e. The highest BCUT2D eigenvalue weighted by molar-refractivity contribution is 6.13. The first kappa shape index (κ1) is 26.5. The van der Waals surface area contributed by atoms with E-state index >= 15 is 0 Å². The summed E-state index contributed by atoms with van der Waals surface area (Å²) in [7, 11) is 1.76. The van der Waals surface area contributed by atoms with Crippen LogP contribution in [0.4, 0.5) is 0 Å². The Hall–Kier alpha value is -4.12. The Kier molecular flexibility index (Phi) is 9.64. The van der Waals surface area contributed by atoms with Crippen molar-refractivity contribution < 1.29 is 19.5 Å². The molecule has 186 valence electrons. The smallest absolute Gasteiger partial charge is 0.305 e. The van der Waals surface area contributed by atoms with Crippen molar-refractivity contribution in [3.8, 4) is 0 Å². The highest BCUT2D eigenvalue weighted by Gasteiger charge is 2.25. The molecule has 3 aromatic heterocycles. The van der Waals surface area contributed by atoms with Crippen LogP contribution in [0.25, 0.3) is 0 Å². The highest BCUT2D eigenvalue weighted by Crippen LogP contribution is 2.12. The Morgan fingerprint density at radius 2 is 1.47 bits per heavy atom. The van der Waals surface area contributed by atoms with E-state index in [1.165, 1.54) is 6.20 Å². The topological polar surface area (TPSA) is 137 Å². The molecule has 0 aliphatic carbocycles. The summed E-state index contributed by atoms with van der Waals surface area (Å²) in [6.07, 6.45) is 4.40.